The summed E-state index contributed by atoms with van der Waals surface area (Å²) in [4.78, 5) is 24.3. The second kappa shape index (κ2) is 12.3. The summed E-state index contributed by atoms with van der Waals surface area (Å²) in [5.41, 5.74) is -0.442. The van der Waals surface area contributed by atoms with Crippen molar-refractivity contribution in [1.82, 2.24) is 9.62 Å². The molecule has 0 heterocycles. The fourth-order valence-corrected chi connectivity index (χ4v) is 5.28. The van der Waals surface area contributed by atoms with Crippen molar-refractivity contribution in [2.24, 2.45) is 11.3 Å². The normalized spacial score (nSPS) is 14.0. The number of hydrogen-bond acceptors (Lipinski definition) is 5. The highest BCUT2D eigenvalue weighted by Crippen LogP contribution is 2.22. The molecular formula is C26H36N2O6S. The van der Waals surface area contributed by atoms with Gasteiger partial charge in [0.1, 0.15) is 0 Å². The van der Waals surface area contributed by atoms with Crippen LogP contribution in [0.5, 0.6) is 0 Å². The van der Waals surface area contributed by atoms with Gasteiger partial charge in [0.15, 0.2) is 0 Å². The molecule has 0 saturated heterocycles. The first-order valence-electron chi connectivity index (χ1n) is 11.6. The van der Waals surface area contributed by atoms with E-state index in [0.29, 0.717) is 0 Å². The molecular weight excluding hydrogens is 468 g/mol. The molecule has 2 rings (SSSR count). The van der Waals surface area contributed by atoms with Crippen molar-refractivity contribution < 1.29 is 28.2 Å². The van der Waals surface area contributed by atoms with E-state index in [1.165, 1.54) is 30.3 Å². The largest absolute Gasteiger partial charge is 0.481 e. The molecule has 0 saturated carbocycles. The number of aliphatic hydroxyl groups is 1. The van der Waals surface area contributed by atoms with Gasteiger partial charge in [0.05, 0.1) is 22.5 Å². The van der Waals surface area contributed by atoms with Crippen molar-refractivity contribution >= 4 is 21.9 Å². The molecule has 0 fully saturated rings. The van der Waals surface area contributed by atoms with Crippen LogP contribution in [-0.4, -0.2) is 60.0 Å². The third-order valence-electron chi connectivity index (χ3n) is 5.63. The van der Waals surface area contributed by atoms with Crippen molar-refractivity contribution in [3.63, 3.8) is 0 Å². The molecule has 0 radical (unpaired) electrons. The molecule has 0 aliphatic rings. The maximum absolute atomic E-state index is 13.3. The summed E-state index contributed by atoms with van der Waals surface area (Å²) in [7, 11) is -3.88. The number of carbonyl (C=O) groups is 2. The highest BCUT2D eigenvalue weighted by molar-refractivity contribution is 7.89. The van der Waals surface area contributed by atoms with Crippen LogP contribution in [-0.2, 0) is 26.0 Å². The van der Waals surface area contributed by atoms with Gasteiger partial charge in [0.2, 0.25) is 15.9 Å². The smallest absolute Gasteiger partial charge is 0.309 e. The van der Waals surface area contributed by atoms with Crippen molar-refractivity contribution in [1.29, 1.82) is 0 Å². The Bertz CT molecular complexity index is 1070. The summed E-state index contributed by atoms with van der Waals surface area (Å²) >= 11 is 0. The van der Waals surface area contributed by atoms with E-state index in [2.05, 4.69) is 5.32 Å². The lowest BCUT2D eigenvalue weighted by Gasteiger charge is -2.31. The van der Waals surface area contributed by atoms with Crippen LogP contribution >= 0.6 is 0 Å². The Labute approximate surface area is 208 Å². The molecule has 0 bridgehead atoms. The minimum absolute atomic E-state index is 0.000725. The molecule has 8 nitrogen and oxygen atoms in total. The Kier molecular flexibility index (Phi) is 10.00. The van der Waals surface area contributed by atoms with Gasteiger partial charge in [-0.05, 0) is 43.9 Å². The van der Waals surface area contributed by atoms with E-state index in [1.54, 1.807) is 18.2 Å². The van der Waals surface area contributed by atoms with Gasteiger partial charge in [0.25, 0.3) is 0 Å². The molecule has 9 heteroatoms. The zero-order chi connectivity index (χ0) is 26.2. The van der Waals surface area contributed by atoms with E-state index in [-0.39, 0.29) is 36.7 Å². The van der Waals surface area contributed by atoms with Crippen LogP contribution in [0.4, 0.5) is 0 Å². The molecule has 3 N–H and O–H groups in total. The number of amides is 1. The number of carboxylic acid groups (broad SMARTS) is 1. The second-order valence-corrected chi connectivity index (χ2v) is 11.8. The number of aliphatic carboxylic acids is 1. The minimum Gasteiger partial charge on any atom is -0.481 e. The third kappa shape index (κ3) is 8.45. The average Bonchev–Trinajstić information content (AvgIpc) is 2.78. The first kappa shape index (κ1) is 28.5. The molecule has 0 aromatic heterocycles. The van der Waals surface area contributed by atoms with Crippen LogP contribution in [0.2, 0.25) is 0 Å². The van der Waals surface area contributed by atoms with Crippen LogP contribution in [0, 0.1) is 11.3 Å². The molecule has 2 atom stereocenters. The maximum atomic E-state index is 13.3. The lowest BCUT2D eigenvalue weighted by atomic mass is 9.89. The number of nitrogens with one attached hydrogen (secondary N) is 1. The Balaban J connectivity index is 2.30. The van der Waals surface area contributed by atoms with Gasteiger partial charge in [-0.3, -0.25) is 9.59 Å². The molecule has 0 unspecified atom stereocenters. The van der Waals surface area contributed by atoms with Gasteiger partial charge in [0, 0.05) is 19.5 Å². The summed E-state index contributed by atoms with van der Waals surface area (Å²) in [6, 6.07) is 16.4. The highest BCUT2D eigenvalue weighted by atomic mass is 32.2. The van der Waals surface area contributed by atoms with Crippen molar-refractivity contribution in [2.75, 3.05) is 13.1 Å². The van der Waals surface area contributed by atoms with Crippen LogP contribution in [0.1, 0.15) is 39.7 Å². The second-order valence-electron chi connectivity index (χ2n) is 9.83. The average molecular weight is 505 g/mol. The molecule has 0 spiro atoms. The van der Waals surface area contributed by atoms with E-state index in [9.17, 15) is 28.2 Å². The number of carboxylic acids is 1. The number of aliphatic hydroxyl groups excluding tert-OH is 1. The Morgan fingerprint density at radius 1 is 0.971 bits per heavy atom. The molecule has 0 aliphatic heterocycles. The molecule has 2 aromatic rings. The number of carbonyl (C=O) groups excluding carboxylic acids is 1. The van der Waals surface area contributed by atoms with E-state index < -0.39 is 39.5 Å². The number of benzene rings is 2. The fraction of sp³-hybridized carbons (Fsp3) is 0.462. The monoisotopic (exact) mass is 504 g/mol. The minimum atomic E-state index is -3.88. The summed E-state index contributed by atoms with van der Waals surface area (Å²) in [6.45, 7) is 6.64. The molecule has 35 heavy (non-hydrogen) atoms. The van der Waals surface area contributed by atoms with E-state index in [0.717, 1.165) is 5.56 Å². The molecule has 1 amide bonds. The van der Waals surface area contributed by atoms with Crippen molar-refractivity contribution in [2.45, 2.75) is 57.6 Å². The van der Waals surface area contributed by atoms with Gasteiger partial charge in [-0.15, -0.1) is 0 Å². The zero-order valence-electron chi connectivity index (χ0n) is 20.7. The van der Waals surface area contributed by atoms with Gasteiger partial charge in [-0.25, -0.2) is 8.42 Å². The number of rotatable bonds is 13. The number of nitrogens with zero attached hydrogens (tertiary/aromatic N) is 1. The SMILES string of the molecule is CC(C)CN(C[C@@H](O)[C@H](Cc1ccccc1)NC(=O)CC(C)(C)C(=O)O)S(=O)(=O)c1ccccc1. The predicted molar refractivity (Wildman–Crippen MR) is 134 cm³/mol. The number of sulfonamides is 1. The first-order chi connectivity index (χ1) is 16.3. The highest BCUT2D eigenvalue weighted by Gasteiger charge is 2.34. The summed E-state index contributed by atoms with van der Waals surface area (Å²) in [6.07, 6.45) is -1.26. The topological polar surface area (TPSA) is 124 Å². The van der Waals surface area contributed by atoms with Crippen LogP contribution in [0.25, 0.3) is 0 Å². The summed E-state index contributed by atoms with van der Waals surface area (Å²) < 4.78 is 27.9. The van der Waals surface area contributed by atoms with Gasteiger partial charge in [-0.1, -0.05) is 62.4 Å². The van der Waals surface area contributed by atoms with Crippen LogP contribution < -0.4 is 5.32 Å². The van der Waals surface area contributed by atoms with Gasteiger partial charge in [-0.2, -0.15) is 4.31 Å². The Morgan fingerprint density at radius 2 is 1.51 bits per heavy atom. The van der Waals surface area contributed by atoms with Crippen molar-refractivity contribution in [3.8, 4) is 0 Å². The predicted octanol–water partition coefficient (Wildman–Crippen LogP) is 2.92. The maximum Gasteiger partial charge on any atom is 0.309 e. The Morgan fingerprint density at radius 3 is 2.03 bits per heavy atom. The first-order valence-corrected chi connectivity index (χ1v) is 13.1. The lowest BCUT2D eigenvalue weighted by molar-refractivity contribution is -0.149. The standard InChI is InChI=1S/C26H36N2O6S/c1-19(2)17-28(35(33,34)21-13-9-6-10-14-21)18-23(29)22(15-20-11-7-5-8-12-20)27-24(30)16-26(3,4)25(31)32/h5-14,19,22-23,29H,15-18H2,1-4H3,(H,27,30)(H,31,32)/t22-,23+/m0/s1. The fourth-order valence-electron chi connectivity index (χ4n) is 3.64. The number of hydrogen-bond donors (Lipinski definition) is 3. The van der Waals surface area contributed by atoms with Crippen molar-refractivity contribution in [3.05, 3.63) is 66.2 Å². The molecule has 0 aliphatic carbocycles. The zero-order valence-corrected chi connectivity index (χ0v) is 21.5. The van der Waals surface area contributed by atoms with Crippen LogP contribution in [0.3, 0.4) is 0 Å². The van der Waals surface area contributed by atoms with E-state index in [4.69, 9.17) is 0 Å². The lowest BCUT2D eigenvalue weighted by Crippen LogP contribution is -2.51. The van der Waals surface area contributed by atoms with Crippen LogP contribution in [0.15, 0.2) is 65.6 Å². The third-order valence-corrected chi connectivity index (χ3v) is 7.48. The Hall–Kier alpha value is -2.75. The van der Waals surface area contributed by atoms with Gasteiger partial charge >= 0.3 is 5.97 Å². The summed E-state index contributed by atoms with van der Waals surface area (Å²) in [5, 5.41) is 23.3. The van der Waals surface area contributed by atoms with E-state index >= 15 is 0 Å². The summed E-state index contributed by atoms with van der Waals surface area (Å²) in [5.74, 6) is -1.64. The molecule has 2 aromatic carbocycles. The van der Waals surface area contributed by atoms with Gasteiger partial charge < -0.3 is 15.5 Å². The molecule has 192 valence electrons. The van der Waals surface area contributed by atoms with E-state index in [1.807, 2.05) is 44.2 Å². The quantitative estimate of drug-likeness (QED) is 0.385.